The highest BCUT2D eigenvalue weighted by Crippen LogP contribution is 2.33. The van der Waals surface area contributed by atoms with Crippen molar-refractivity contribution < 1.29 is 0 Å². The van der Waals surface area contributed by atoms with Crippen LogP contribution in [0.5, 0.6) is 0 Å². The fraction of sp³-hybridized carbons (Fsp3) is 0.455. The van der Waals surface area contributed by atoms with E-state index in [1.165, 1.54) is 0 Å². The number of aromatic nitrogens is 4. The molecule has 0 bridgehead atoms. The third kappa shape index (κ3) is 2.46. The van der Waals surface area contributed by atoms with Crippen LogP contribution in [0.1, 0.15) is 19.0 Å². The molecular weight excluding hydrogens is 234 g/mol. The number of hydrogen-bond donors (Lipinski definition) is 1. The van der Waals surface area contributed by atoms with Crippen LogP contribution in [0.4, 0.5) is 5.69 Å². The number of aryl methyl sites for hydroxylation is 3. The molecule has 0 atom stereocenters. The van der Waals surface area contributed by atoms with Crippen LogP contribution in [-0.4, -0.2) is 19.6 Å². The standard InChI is InChI=1S/C11H17N5S/c1-4-5-9-10(12)11(16(3)14-9)17-8-6-13-15(2)7-8/h6-7H,4-5,12H2,1-3H3. The van der Waals surface area contributed by atoms with Crippen LogP contribution >= 0.6 is 11.8 Å². The Kier molecular flexibility index (Phi) is 3.42. The molecule has 0 spiro atoms. The van der Waals surface area contributed by atoms with Gasteiger partial charge in [-0.15, -0.1) is 0 Å². The van der Waals surface area contributed by atoms with E-state index in [2.05, 4.69) is 17.1 Å². The lowest BCUT2D eigenvalue weighted by Crippen LogP contribution is -1.93. The molecule has 6 heteroatoms. The minimum Gasteiger partial charge on any atom is -0.395 e. The maximum atomic E-state index is 6.11. The summed E-state index contributed by atoms with van der Waals surface area (Å²) in [5.74, 6) is 0. The van der Waals surface area contributed by atoms with Gasteiger partial charge in [0.2, 0.25) is 0 Å². The monoisotopic (exact) mass is 251 g/mol. The van der Waals surface area contributed by atoms with Crippen molar-refractivity contribution in [3.05, 3.63) is 18.1 Å². The second kappa shape index (κ2) is 4.83. The fourth-order valence-corrected chi connectivity index (χ4v) is 2.61. The molecule has 17 heavy (non-hydrogen) atoms. The van der Waals surface area contributed by atoms with Crippen LogP contribution in [0.25, 0.3) is 0 Å². The van der Waals surface area contributed by atoms with Crippen molar-refractivity contribution in [2.75, 3.05) is 5.73 Å². The second-order valence-corrected chi connectivity index (χ2v) is 5.05. The van der Waals surface area contributed by atoms with Crippen molar-refractivity contribution >= 4 is 17.4 Å². The van der Waals surface area contributed by atoms with Gasteiger partial charge in [0.15, 0.2) is 0 Å². The smallest absolute Gasteiger partial charge is 0.122 e. The molecule has 2 aromatic heterocycles. The predicted molar refractivity (Wildman–Crippen MR) is 68.9 cm³/mol. The van der Waals surface area contributed by atoms with E-state index < -0.39 is 0 Å². The van der Waals surface area contributed by atoms with E-state index in [0.29, 0.717) is 0 Å². The van der Waals surface area contributed by atoms with E-state index in [1.54, 1.807) is 16.4 Å². The maximum absolute atomic E-state index is 6.11. The molecule has 0 aromatic carbocycles. The van der Waals surface area contributed by atoms with Gasteiger partial charge in [0.25, 0.3) is 0 Å². The molecule has 0 amide bonds. The van der Waals surface area contributed by atoms with Crippen LogP contribution in [0.2, 0.25) is 0 Å². The first-order valence-electron chi connectivity index (χ1n) is 5.59. The Balaban J connectivity index is 2.26. The molecule has 2 heterocycles. The van der Waals surface area contributed by atoms with Gasteiger partial charge in [0.1, 0.15) is 5.03 Å². The van der Waals surface area contributed by atoms with Gasteiger partial charge in [0, 0.05) is 20.3 Å². The summed E-state index contributed by atoms with van der Waals surface area (Å²) in [7, 11) is 3.83. The Labute approximate surface area is 105 Å². The average Bonchev–Trinajstić information content (AvgIpc) is 2.79. The Hall–Kier alpha value is -1.43. The van der Waals surface area contributed by atoms with Crippen molar-refractivity contribution in [3.63, 3.8) is 0 Å². The molecule has 0 saturated carbocycles. The molecule has 2 rings (SSSR count). The average molecular weight is 251 g/mol. The van der Waals surface area contributed by atoms with E-state index in [9.17, 15) is 0 Å². The zero-order valence-corrected chi connectivity index (χ0v) is 11.2. The van der Waals surface area contributed by atoms with Crippen LogP contribution < -0.4 is 5.73 Å². The molecule has 92 valence electrons. The van der Waals surface area contributed by atoms with Gasteiger partial charge < -0.3 is 5.73 Å². The van der Waals surface area contributed by atoms with Crippen LogP contribution in [0.15, 0.2) is 22.3 Å². The van der Waals surface area contributed by atoms with Crippen molar-refractivity contribution in [1.82, 2.24) is 19.6 Å². The lowest BCUT2D eigenvalue weighted by atomic mass is 10.2. The topological polar surface area (TPSA) is 61.7 Å². The van der Waals surface area contributed by atoms with E-state index in [1.807, 2.05) is 31.2 Å². The van der Waals surface area contributed by atoms with Crippen molar-refractivity contribution in [2.24, 2.45) is 14.1 Å². The van der Waals surface area contributed by atoms with Crippen molar-refractivity contribution in [2.45, 2.75) is 29.7 Å². The summed E-state index contributed by atoms with van der Waals surface area (Å²) in [5.41, 5.74) is 7.90. The summed E-state index contributed by atoms with van der Waals surface area (Å²) >= 11 is 1.60. The molecular formula is C11H17N5S. The van der Waals surface area contributed by atoms with E-state index >= 15 is 0 Å². The number of nitrogens with two attached hydrogens (primary N) is 1. The van der Waals surface area contributed by atoms with E-state index in [4.69, 9.17) is 5.73 Å². The van der Waals surface area contributed by atoms with Gasteiger partial charge in [-0.1, -0.05) is 25.1 Å². The minimum absolute atomic E-state index is 0.795. The van der Waals surface area contributed by atoms with Crippen molar-refractivity contribution in [3.8, 4) is 0 Å². The third-order valence-corrected chi connectivity index (χ3v) is 3.61. The number of nitrogens with zero attached hydrogens (tertiary/aromatic N) is 4. The molecule has 0 fully saturated rings. The highest BCUT2D eigenvalue weighted by molar-refractivity contribution is 7.99. The van der Waals surface area contributed by atoms with Gasteiger partial charge in [-0.3, -0.25) is 9.36 Å². The van der Waals surface area contributed by atoms with Gasteiger partial charge in [-0.2, -0.15) is 10.2 Å². The quantitative estimate of drug-likeness (QED) is 0.900. The summed E-state index contributed by atoms with van der Waals surface area (Å²) in [6.45, 7) is 2.13. The van der Waals surface area contributed by atoms with Crippen molar-refractivity contribution in [1.29, 1.82) is 0 Å². The first-order chi connectivity index (χ1) is 8.11. The predicted octanol–water partition coefficient (Wildman–Crippen LogP) is 1.84. The van der Waals surface area contributed by atoms with Crippen LogP contribution in [0, 0.1) is 0 Å². The first-order valence-corrected chi connectivity index (χ1v) is 6.41. The molecule has 2 aromatic rings. The zero-order valence-electron chi connectivity index (χ0n) is 10.3. The second-order valence-electron chi connectivity index (χ2n) is 3.99. The summed E-state index contributed by atoms with van der Waals surface area (Å²) in [5, 5.41) is 9.57. The van der Waals surface area contributed by atoms with Crippen LogP contribution in [-0.2, 0) is 20.5 Å². The molecule has 5 nitrogen and oxygen atoms in total. The number of hydrogen-bond acceptors (Lipinski definition) is 4. The summed E-state index contributed by atoms with van der Waals surface area (Å²) in [6, 6.07) is 0. The lowest BCUT2D eigenvalue weighted by molar-refractivity contribution is 0.681. The Morgan fingerprint density at radius 3 is 2.76 bits per heavy atom. The molecule has 0 unspecified atom stereocenters. The fourth-order valence-electron chi connectivity index (χ4n) is 1.68. The Morgan fingerprint density at radius 2 is 2.18 bits per heavy atom. The largest absolute Gasteiger partial charge is 0.395 e. The highest BCUT2D eigenvalue weighted by Gasteiger charge is 2.14. The number of anilines is 1. The maximum Gasteiger partial charge on any atom is 0.122 e. The molecule has 0 aliphatic rings. The normalized spacial score (nSPS) is 11.0. The van der Waals surface area contributed by atoms with Gasteiger partial charge in [0.05, 0.1) is 22.5 Å². The Morgan fingerprint density at radius 1 is 1.41 bits per heavy atom. The Bertz CT molecular complexity index is 514. The summed E-state index contributed by atoms with van der Waals surface area (Å²) in [6.07, 6.45) is 5.78. The summed E-state index contributed by atoms with van der Waals surface area (Å²) in [4.78, 5) is 1.07. The molecule has 0 aliphatic carbocycles. The SMILES string of the molecule is CCCc1nn(C)c(Sc2cnn(C)c2)c1N. The van der Waals surface area contributed by atoms with Gasteiger partial charge >= 0.3 is 0 Å². The molecule has 0 radical (unpaired) electrons. The van der Waals surface area contributed by atoms with Crippen LogP contribution in [0.3, 0.4) is 0 Å². The third-order valence-electron chi connectivity index (χ3n) is 2.49. The zero-order chi connectivity index (χ0) is 12.4. The van der Waals surface area contributed by atoms with Gasteiger partial charge in [-0.25, -0.2) is 0 Å². The molecule has 0 aliphatic heterocycles. The highest BCUT2D eigenvalue weighted by atomic mass is 32.2. The van der Waals surface area contributed by atoms with E-state index in [0.717, 1.165) is 34.1 Å². The minimum atomic E-state index is 0.795. The first kappa shape index (κ1) is 12.0. The molecule has 0 saturated heterocycles. The molecule has 2 N–H and O–H groups in total. The number of nitrogen functional groups attached to an aromatic ring is 1. The van der Waals surface area contributed by atoms with Gasteiger partial charge in [-0.05, 0) is 6.42 Å². The summed E-state index contributed by atoms with van der Waals surface area (Å²) < 4.78 is 3.62. The number of rotatable bonds is 4. The van der Waals surface area contributed by atoms with E-state index in [-0.39, 0.29) is 0 Å². The lowest BCUT2D eigenvalue weighted by Gasteiger charge is -2.00.